The third-order valence-corrected chi connectivity index (χ3v) is 9.78. The van der Waals surface area contributed by atoms with Crippen molar-refractivity contribution in [3.8, 4) is 33.4 Å². The molecule has 0 saturated carbocycles. The Morgan fingerprint density at radius 1 is 0.353 bits per heavy atom. The molecule has 0 aliphatic carbocycles. The zero-order valence-electron chi connectivity index (χ0n) is 41.6. The van der Waals surface area contributed by atoms with Crippen LogP contribution in [-0.4, -0.2) is 0 Å². The fourth-order valence-corrected chi connectivity index (χ4v) is 7.54. The maximum atomic E-state index is 9.54. The highest BCUT2D eigenvalue weighted by molar-refractivity contribution is 6.25. The van der Waals surface area contributed by atoms with Gasteiger partial charge in [0.05, 0.1) is 20.6 Å². The molecule has 0 bridgehead atoms. The summed E-state index contributed by atoms with van der Waals surface area (Å²) in [6.07, 6.45) is 0. The molecular weight excluding hydrogens is 617 g/mol. The first-order valence-electron chi connectivity index (χ1n) is 23.9. The van der Waals surface area contributed by atoms with E-state index in [4.69, 9.17) is 18.1 Å². The summed E-state index contributed by atoms with van der Waals surface area (Å²) in [5.41, 5.74) is 2.61. The lowest BCUT2D eigenvalue weighted by atomic mass is 9.83. The van der Waals surface area contributed by atoms with Crippen molar-refractivity contribution in [2.75, 3.05) is 0 Å². The maximum absolute atomic E-state index is 9.54. The fourth-order valence-electron chi connectivity index (χ4n) is 7.54. The average molecular weight is 662 g/mol. The van der Waals surface area contributed by atoms with E-state index in [9.17, 15) is 6.85 Å². The van der Waals surface area contributed by atoms with Crippen LogP contribution in [0.25, 0.3) is 109 Å². The Bertz CT molecular complexity index is 3970. The molecule has 11 rings (SSSR count). The van der Waals surface area contributed by atoms with Crippen molar-refractivity contribution in [1.82, 2.24) is 0 Å². The maximum Gasteiger partial charge on any atom is 0.136 e. The van der Waals surface area contributed by atoms with Crippen LogP contribution in [0.4, 0.5) is 0 Å². The van der Waals surface area contributed by atoms with Gasteiger partial charge in [-0.2, -0.15) is 0 Å². The van der Waals surface area contributed by atoms with Crippen molar-refractivity contribution in [2.24, 2.45) is 0 Å². The Morgan fingerprint density at radius 2 is 0.922 bits per heavy atom. The molecule has 0 unspecified atom stereocenters. The molecule has 0 radical (unpaired) electrons. The van der Waals surface area contributed by atoms with Crippen LogP contribution in [0.1, 0.15) is 20.6 Å². The minimum absolute atomic E-state index is 0.0363. The van der Waals surface area contributed by atoms with Gasteiger partial charge in [-0.3, -0.25) is 0 Å². The molecule has 0 saturated heterocycles. The first kappa shape index (κ1) is 17.3. The molecule has 1 heteroatoms. The zero-order chi connectivity index (χ0) is 46.5. The van der Waals surface area contributed by atoms with Gasteiger partial charge >= 0.3 is 0 Å². The lowest BCUT2D eigenvalue weighted by Gasteiger charge is -2.20. The van der Waals surface area contributed by atoms with E-state index in [0.717, 1.165) is 38.3 Å². The van der Waals surface area contributed by atoms with Crippen molar-refractivity contribution < 1.29 is 25.0 Å². The van der Waals surface area contributed by atoms with Crippen LogP contribution in [0.2, 0.25) is 0 Å². The van der Waals surface area contributed by atoms with E-state index in [1.807, 2.05) is 78.9 Å². The molecule has 236 valence electrons. The van der Waals surface area contributed by atoms with Crippen LogP contribution < -0.4 is 0 Å². The van der Waals surface area contributed by atoms with Crippen molar-refractivity contribution in [3.05, 3.63) is 182 Å². The average Bonchev–Trinajstić information content (AvgIpc) is 3.71. The highest BCUT2D eigenvalue weighted by Crippen LogP contribution is 2.47. The van der Waals surface area contributed by atoms with E-state index < -0.39 is 107 Å². The van der Waals surface area contributed by atoms with Crippen LogP contribution >= 0.6 is 0 Å². The normalized spacial score (nSPS) is 16.0. The molecule has 0 spiro atoms. The van der Waals surface area contributed by atoms with E-state index in [1.54, 1.807) is 12.1 Å². The molecule has 10 aromatic carbocycles. The summed E-state index contributed by atoms with van der Waals surface area (Å²) in [5.74, 6) is 0. The summed E-state index contributed by atoms with van der Waals surface area (Å²) >= 11 is 0. The van der Waals surface area contributed by atoms with Crippen molar-refractivity contribution in [2.45, 2.75) is 0 Å². The largest absolute Gasteiger partial charge is 0.456 e. The van der Waals surface area contributed by atoms with E-state index in [2.05, 4.69) is 0 Å². The Balaban J connectivity index is 1.32. The molecule has 1 aromatic heterocycles. The van der Waals surface area contributed by atoms with Crippen LogP contribution in [0.5, 0.6) is 0 Å². The van der Waals surface area contributed by atoms with Crippen LogP contribution in [0.15, 0.2) is 186 Å². The topological polar surface area (TPSA) is 13.1 Å². The summed E-state index contributed by atoms with van der Waals surface area (Å²) in [5, 5.41) is 3.41. The quantitative estimate of drug-likeness (QED) is 0.172. The Kier molecular flexibility index (Phi) is 3.70. The van der Waals surface area contributed by atoms with Gasteiger partial charge < -0.3 is 4.42 Å². The summed E-state index contributed by atoms with van der Waals surface area (Å²) in [7, 11) is 0. The number of hydrogen-bond donors (Lipinski definition) is 0. The minimum Gasteiger partial charge on any atom is -0.456 e. The number of furan rings is 1. The molecule has 0 amide bonds. The van der Waals surface area contributed by atoms with E-state index in [-0.39, 0.29) is 32.7 Å². The highest BCUT2D eigenvalue weighted by Gasteiger charge is 2.19. The minimum atomic E-state index is -0.758. The van der Waals surface area contributed by atoms with Gasteiger partial charge in [-0.05, 0) is 112 Å². The van der Waals surface area contributed by atoms with Gasteiger partial charge in [-0.15, -0.1) is 0 Å². The smallest absolute Gasteiger partial charge is 0.136 e. The zero-order valence-corrected chi connectivity index (χ0v) is 26.6. The predicted molar refractivity (Wildman–Crippen MR) is 218 cm³/mol. The molecule has 11 aromatic rings. The molecule has 0 aliphatic heterocycles. The Hall–Kier alpha value is -6.70. The van der Waals surface area contributed by atoms with Crippen molar-refractivity contribution in [3.63, 3.8) is 0 Å². The second kappa shape index (κ2) is 10.9. The third kappa shape index (κ3) is 4.22. The van der Waals surface area contributed by atoms with Crippen LogP contribution in [-0.2, 0) is 0 Å². The van der Waals surface area contributed by atoms with Crippen LogP contribution in [0.3, 0.4) is 0 Å². The van der Waals surface area contributed by atoms with Gasteiger partial charge in [-0.1, -0.05) is 157 Å². The van der Waals surface area contributed by atoms with E-state index in [1.165, 1.54) is 0 Å². The Labute approximate surface area is 315 Å². The van der Waals surface area contributed by atoms with Gasteiger partial charge in [0.25, 0.3) is 0 Å². The Morgan fingerprint density at radius 3 is 1.71 bits per heavy atom. The van der Waals surface area contributed by atoms with Crippen molar-refractivity contribution in [1.29, 1.82) is 0 Å². The third-order valence-electron chi connectivity index (χ3n) is 9.78. The fraction of sp³-hybridized carbons (Fsp3) is 0. The summed E-state index contributed by atoms with van der Waals surface area (Å²) in [6, 6.07) is 18.8. The van der Waals surface area contributed by atoms with Crippen molar-refractivity contribution >= 4 is 75.8 Å². The molecular formula is C50H30O. The van der Waals surface area contributed by atoms with Crippen LogP contribution in [0, 0.1) is 0 Å². The second-order valence-corrected chi connectivity index (χ2v) is 12.5. The van der Waals surface area contributed by atoms with Gasteiger partial charge in [-0.25, -0.2) is 0 Å². The molecule has 0 fully saturated rings. The van der Waals surface area contributed by atoms with Gasteiger partial charge in [0.15, 0.2) is 0 Å². The molecule has 0 aliphatic rings. The summed E-state index contributed by atoms with van der Waals surface area (Å²) < 4.78 is 142. The summed E-state index contributed by atoms with van der Waals surface area (Å²) in [6.45, 7) is 0. The molecule has 1 nitrogen and oxygen atoms in total. The highest BCUT2D eigenvalue weighted by atomic mass is 16.3. The second-order valence-electron chi connectivity index (χ2n) is 12.5. The lowest BCUT2D eigenvalue weighted by molar-refractivity contribution is 0.669. The van der Waals surface area contributed by atoms with Gasteiger partial charge in [0.2, 0.25) is 0 Å². The van der Waals surface area contributed by atoms with E-state index in [0.29, 0.717) is 21.9 Å². The first-order chi connectivity index (χ1) is 31.5. The van der Waals surface area contributed by atoms with Gasteiger partial charge in [0.1, 0.15) is 11.2 Å². The summed E-state index contributed by atoms with van der Waals surface area (Å²) in [4.78, 5) is 0. The predicted octanol–water partition coefficient (Wildman–Crippen LogP) is 14.4. The number of hydrogen-bond acceptors (Lipinski definition) is 1. The molecule has 0 N–H and O–H groups in total. The van der Waals surface area contributed by atoms with E-state index >= 15 is 0 Å². The molecule has 51 heavy (non-hydrogen) atoms. The number of fused-ring (bicyclic) bond motifs is 9. The first-order valence-corrected chi connectivity index (χ1v) is 16.4. The number of rotatable bonds is 3. The standard InChI is InChI=1S/C50H30O/c1-3-15-36-31(11-1)13-9-21-38(36)48-39-17-5-7-19-41(39)49(42-20-8-6-18-40(42)48)43-22-10-14-33-23-24-34(29-44(33)43)35-26-27-46-45(30-35)50-37-16-4-2-12-32(37)25-28-47(50)51-46/h1-30H/i1D,3D,5D,6D,7D,8D,9D,11D,13D,15D,17D,18D,19D,20D,21D. The molecule has 0 atom stereocenters. The van der Waals surface area contributed by atoms with Gasteiger partial charge in [0, 0.05) is 10.8 Å². The molecule has 1 heterocycles. The monoisotopic (exact) mass is 661 g/mol. The number of benzene rings is 10. The SMILES string of the molecule is [2H]c1c([2H])c([2H])c2c(-c3c4c([2H])c([2H])c([2H])c([2H])c4c(-c4cccc5ccc(-c6ccc7oc8ccc9ccccc9c8c7c6)cc45)c4c([2H])c([2H])c([2H])c([2H])c34)c([2H])c([2H])c([2H])c2c1[2H]. The lowest BCUT2D eigenvalue weighted by Crippen LogP contribution is -1.92.